The zero-order valence-electron chi connectivity index (χ0n) is 14.3. The van der Waals surface area contributed by atoms with Crippen LogP contribution in [0.5, 0.6) is 0 Å². The molecule has 138 valence electrons. The summed E-state index contributed by atoms with van der Waals surface area (Å²) in [6.45, 7) is 0. The van der Waals surface area contributed by atoms with Crippen molar-refractivity contribution in [3.63, 3.8) is 0 Å². The smallest absolute Gasteiger partial charge is 0.232 e. The molecule has 0 radical (unpaired) electrons. The normalized spacial score (nSPS) is 20.1. The van der Waals surface area contributed by atoms with E-state index in [1.54, 1.807) is 36.4 Å². The second kappa shape index (κ2) is 7.10. The monoisotopic (exact) mass is 403 g/mol. The van der Waals surface area contributed by atoms with Crippen LogP contribution in [0.2, 0.25) is 10.0 Å². The van der Waals surface area contributed by atoms with Gasteiger partial charge in [-0.3, -0.25) is 14.5 Å². The Hall–Kier alpha value is -2.17. The molecule has 0 saturated heterocycles. The third-order valence-electron chi connectivity index (χ3n) is 5.11. The lowest BCUT2D eigenvalue weighted by atomic mass is 9.77. The predicted molar refractivity (Wildman–Crippen MR) is 104 cm³/mol. The summed E-state index contributed by atoms with van der Waals surface area (Å²) in [5.41, 5.74) is 2.15. The predicted octanol–water partition coefficient (Wildman–Crippen LogP) is 5.66. The molecule has 0 aromatic heterocycles. The van der Waals surface area contributed by atoms with Gasteiger partial charge in [0, 0.05) is 30.0 Å². The lowest BCUT2D eigenvalue weighted by Crippen LogP contribution is -2.41. The molecule has 1 aliphatic carbocycles. The van der Waals surface area contributed by atoms with Gasteiger partial charge in [0.05, 0.1) is 15.7 Å². The lowest BCUT2D eigenvalue weighted by molar-refractivity contribution is -0.120. The molecule has 0 bridgehead atoms. The minimum atomic E-state index is -0.483. The molecule has 1 amide bonds. The fraction of sp³-hybridized carbons (Fsp3) is 0.238. The Morgan fingerprint density at radius 2 is 1.78 bits per heavy atom. The molecule has 0 saturated carbocycles. The minimum Gasteiger partial charge on any atom is -0.294 e. The standard InChI is InChI=1S/C21H16Cl2FNO2/c22-14-9-8-12(10-15(14)23)13-11-20(27)25(17-5-2-1-4-16(17)24)18-6-3-7-19(26)21(13)18/h1-2,4-5,8-10,13H,3,6-7,11H2. The van der Waals surface area contributed by atoms with Crippen molar-refractivity contribution in [3.05, 3.63) is 75.2 Å². The molecule has 4 rings (SSSR count). The van der Waals surface area contributed by atoms with Gasteiger partial charge in [-0.15, -0.1) is 0 Å². The van der Waals surface area contributed by atoms with Crippen LogP contribution >= 0.6 is 23.2 Å². The number of halogens is 3. The minimum absolute atomic E-state index is 0.00108. The number of Topliss-reactive ketones (excluding diaryl/α,β-unsaturated/α-hetero) is 1. The highest BCUT2D eigenvalue weighted by Crippen LogP contribution is 2.44. The first-order chi connectivity index (χ1) is 13.0. The molecule has 0 spiro atoms. The van der Waals surface area contributed by atoms with Crippen LogP contribution in [-0.4, -0.2) is 11.7 Å². The molecule has 0 fully saturated rings. The van der Waals surface area contributed by atoms with E-state index in [0.29, 0.717) is 40.6 Å². The summed E-state index contributed by atoms with van der Waals surface area (Å²) in [4.78, 5) is 27.2. The summed E-state index contributed by atoms with van der Waals surface area (Å²) in [5.74, 6) is -1.10. The number of amides is 1. The fourth-order valence-corrected chi connectivity index (χ4v) is 4.23. The molecule has 1 aliphatic heterocycles. The number of benzene rings is 2. The molecular weight excluding hydrogens is 388 g/mol. The number of carbonyl (C=O) groups is 2. The van der Waals surface area contributed by atoms with Gasteiger partial charge in [-0.05, 0) is 42.7 Å². The molecule has 27 heavy (non-hydrogen) atoms. The van der Waals surface area contributed by atoms with E-state index in [9.17, 15) is 14.0 Å². The van der Waals surface area contributed by atoms with E-state index >= 15 is 0 Å². The Kier molecular flexibility index (Phi) is 4.79. The van der Waals surface area contributed by atoms with Crippen molar-refractivity contribution < 1.29 is 14.0 Å². The first kappa shape index (κ1) is 18.2. The van der Waals surface area contributed by atoms with Crippen molar-refractivity contribution in [2.45, 2.75) is 31.6 Å². The maximum atomic E-state index is 14.4. The fourth-order valence-electron chi connectivity index (χ4n) is 3.92. The van der Waals surface area contributed by atoms with Crippen LogP contribution in [0.1, 0.15) is 37.2 Å². The molecule has 2 aromatic carbocycles. The molecule has 2 aromatic rings. The zero-order chi connectivity index (χ0) is 19.1. The van der Waals surface area contributed by atoms with Crippen LogP contribution < -0.4 is 4.90 Å². The Morgan fingerprint density at radius 1 is 1.00 bits per heavy atom. The Morgan fingerprint density at radius 3 is 2.52 bits per heavy atom. The first-order valence-electron chi connectivity index (χ1n) is 8.76. The van der Waals surface area contributed by atoms with E-state index in [-0.39, 0.29) is 23.8 Å². The van der Waals surface area contributed by atoms with E-state index in [1.807, 2.05) is 0 Å². The maximum Gasteiger partial charge on any atom is 0.232 e. The van der Waals surface area contributed by atoms with E-state index in [1.165, 1.54) is 11.0 Å². The van der Waals surface area contributed by atoms with E-state index in [4.69, 9.17) is 23.2 Å². The number of ketones is 1. The van der Waals surface area contributed by atoms with Crippen LogP contribution in [0.15, 0.2) is 53.7 Å². The van der Waals surface area contributed by atoms with E-state index in [2.05, 4.69) is 0 Å². The summed E-state index contributed by atoms with van der Waals surface area (Å²) in [6.07, 6.45) is 1.70. The van der Waals surface area contributed by atoms with Crippen LogP contribution in [-0.2, 0) is 9.59 Å². The van der Waals surface area contributed by atoms with Crippen molar-refractivity contribution in [1.82, 2.24) is 0 Å². The van der Waals surface area contributed by atoms with Crippen molar-refractivity contribution in [2.24, 2.45) is 0 Å². The average Bonchev–Trinajstić information content (AvgIpc) is 2.64. The van der Waals surface area contributed by atoms with Crippen molar-refractivity contribution in [1.29, 1.82) is 0 Å². The topological polar surface area (TPSA) is 37.4 Å². The third kappa shape index (κ3) is 3.17. The third-order valence-corrected chi connectivity index (χ3v) is 5.85. The second-order valence-electron chi connectivity index (χ2n) is 6.75. The maximum absolute atomic E-state index is 14.4. The molecule has 2 aliphatic rings. The van der Waals surface area contributed by atoms with Gasteiger partial charge in [0.15, 0.2) is 5.78 Å². The average molecular weight is 404 g/mol. The number of anilines is 1. The largest absolute Gasteiger partial charge is 0.294 e. The van der Waals surface area contributed by atoms with E-state index in [0.717, 1.165) is 5.56 Å². The summed E-state index contributed by atoms with van der Waals surface area (Å²) in [7, 11) is 0. The SMILES string of the molecule is O=C1CCCC2=C1C(c1ccc(Cl)c(Cl)c1)CC(=O)N2c1ccccc1F. The summed E-state index contributed by atoms with van der Waals surface area (Å²) in [6, 6.07) is 11.3. The van der Waals surface area contributed by atoms with Crippen molar-refractivity contribution in [3.8, 4) is 0 Å². The molecule has 0 N–H and O–H groups in total. The molecule has 1 unspecified atom stereocenters. The van der Waals surface area contributed by atoms with Gasteiger partial charge >= 0.3 is 0 Å². The summed E-state index contributed by atoms with van der Waals surface area (Å²) < 4.78 is 14.4. The number of rotatable bonds is 2. The van der Waals surface area contributed by atoms with Crippen LogP contribution in [0.25, 0.3) is 0 Å². The number of hydrogen-bond acceptors (Lipinski definition) is 2. The Bertz CT molecular complexity index is 986. The number of carbonyl (C=O) groups excluding carboxylic acids is 2. The van der Waals surface area contributed by atoms with Gasteiger partial charge in [-0.2, -0.15) is 0 Å². The highest BCUT2D eigenvalue weighted by atomic mass is 35.5. The highest BCUT2D eigenvalue weighted by Gasteiger charge is 2.40. The van der Waals surface area contributed by atoms with Crippen LogP contribution in [0, 0.1) is 5.82 Å². The van der Waals surface area contributed by atoms with Gasteiger partial charge in [0.2, 0.25) is 5.91 Å². The van der Waals surface area contributed by atoms with Gasteiger partial charge in [-0.25, -0.2) is 4.39 Å². The molecule has 1 heterocycles. The van der Waals surface area contributed by atoms with Gasteiger partial charge in [0.1, 0.15) is 5.82 Å². The van der Waals surface area contributed by atoms with Crippen LogP contribution in [0.3, 0.4) is 0 Å². The zero-order valence-corrected chi connectivity index (χ0v) is 15.9. The second-order valence-corrected chi connectivity index (χ2v) is 7.56. The number of para-hydroxylation sites is 1. The first-order valence-corrected chi connectivity index (χ1v) is 9.51. The summed E-state index contributed by atoms with van der Waals surface area (Å²) >= 11 is 12.2. The van der Waals surface area contributed by atoms with Crippen LogP contribution in [0.4, 0.5) is 10.1 Å². The quantitative estimate of drug-likeness (QED) is 0.648. The van der Waals surface area contributed by atoms with Crippen molar-refractivity contribution in [2.75, 3.05) is 4.90 Å². The molecule has 3 nitrogen and oxygen atoms in total. The summed E-state index contributed by atoms with van der Waals surface area (Å²) in [5, 5.41) is 0.795. The molecular formula is C21H16Cl2FNO2. The number of nitrogens with zero attached hydrogens (tertiary/aromatic N) is 1. The van der Waals surface area contributed by atoms with Gasteiger partial charge < -0.3 is 0 Å². The molecule has 1 atom stereocenters. The number of hydrogen-bond donors (Lipinski definition) is 0. The van der Waals surface area contributed by atoms with Crippen molar-refractivity contribution >= 4 is 40.6 Å². The Labute approximate surface area is 166 Å². The van der Waals surface area contributed by atoms with Gasteiger partial charge in [0.25, 0.3) is 0 Å². The lowest BCUT2D eigenvalue weighted by Gasteiger charge is -2.38. The molecule has 6 heteroatoms. The Balaban J connectivity index is 1.88. The highest BCUT2D eigenvalue weighted by molar-refractivity contribution is 6.42. The van der Waals surface area contributed by atoms with Gasteiger partial charge in [-0.1, -0.05) is 41.4 Å². The van der Waals surface area contributed by atoms with E-state index < -0.39 is 11.7 Å². The number of allylic oxidation sites excluding steroid dienone is 2.